The first-order chi connectivity index (χ1) is 12.7. The zero-order chi connectivity index (χ0) is 18.2. The van der Waals surface area contributed by atoms with Crippen molar-refractivity contribution in [3.8, 4) is 0 Å². The summed E-state index contributed by atoms with van der Waals surface area (Å²) in [5.74, 6) is -0.340. The number of rotatable bonds is 6. The third-order valence-corrected chi connectivity index (χ3v) is 4.06. The highest BCUT2D eigenvalue weighted by atomic mass is 16.5. The maximum absolute atomic E-state index is 11.9. The number of carbonyl (C=O) groups excluding carboxylic acids is 2. The Morgan fingerprint density at radius 2 is 2.00 bits per heavy atom. The van der Waals surface area contributed by atoms with Crippen molar-refractivity contribution in [2.45, 2.75) is 25.5 Å². The van der Waals surface area contributed by atoms with Crippen LogP contribution in [-0.4, -0.2) is 41.5 Å². The Morgan fingerprint density at radius 1 is 1.23 bits per heavy atom. The molecule has 0 bridgehead atoms. The average Bonchev–Trinajstić information content (AvgIpc) is 3.15. The molecule has 8 nitrogen and oxygen atoms in total. The number of anilines is 1. The van der Waals surface area contributed by atoms with Gasteiger partial charge in [0, 0.05) is 19.4 Å². The number of amides is 2. The van der Waals surface area contributed by atoms with Crippen LogP contribution in [0.2, 0.25) is 0 Å². The van der Waals surface area contributed by atoms with Crippen LogP contribution in [0.25, 0.3) is 0 Å². The van der Waals surface area contributed by atoms with Gasteiger partial charge in [-0.1, -0.05) is 30.3 Å². The second kappa shape index (κ2) is 9.00. The number of hydrogen-bond donors (Lipinski definition) is 2. The van der Waals surface area contributed by atoms with Crippen LogP contribution in [0.4, 0.5) is 10.5 Å². The molecule has 2 aromatic rings. The molecule has 0 aliphatic carbocycles. The highest BCUT2D eigenvalue weighted by Crippen LogP contribution is 2.21. The molecule has 0 spiro atoms. The predicted molar refractivity (Wildman–Crippen MR) is 94.6 cm³/mol. The molecule has 0 unspecified atom stereocenters. The summed E-state index contributed by atoms with van der Waals surface area (Å²) < 4.78 is 12.2. The second-order valence-corrected chi connectivity index (χ2v) is 6.02. The lowest BCUT2D eigenvalue weighted by Gasteiger charge is -2.22. The fourth-order valence-electron chi connectivity index (χ4n) is 2.68. The van der Waals surface area contributed by atoms with Crippen molar-refractivity contribution in [2.75, 3.05) is 25.1 Å². The van der Waals surface area contributed by atoms with Crippen LogP contribution < -0.4 is 10.6 Å². The molecule has 3 rings (SSSR count). The van der Waals surface area contributed by atoms with Crippen molar-refractivity contribution >= 4 is 17.7 Å². The van der Waals surface area contributed by atoms with Crippen molar-refractivity contribution in [1.82, 2.24) is 15.1 Å². The number of nitrogens with zero attached hydrogens (tertiary/aromatic N) is 2. The number of benzene rings is 1. The number of alkyl carbamates (subject to hydrolysis) is 1. The fraction of sp³-hybridized carbons (Fsp3) is 0.389. The molecule has 2 heterocycles. The van der Waals surface area contributed by atoms with E-state index < -0.39 is 6.09 Å². The van der Waals surface area contributed by atoms with E-state index in [9.17, 15) is 9.59 Å². The van der Waals surface area contributed by atoms with E-state index in [1.807, 2.05) is 35.0 Å². The summed E-state index contributed by atoms with van der Waals surface area (Å²) >= 11 is 0. The number of hydrogen-bond acceptors (Lipinski definition) is 5. The standard InChI is InChI=1S/C18H22N4O4/c23-17(11-19-18(24)26-13-14-4-2-1-3-5-14)21-15-10-20-22(12-15)16-6-8-25-9-7-16/h1-5,10,12,16H,6-9,11,13H2,(H,19,24)(H,21,23). The van der Waals surface area contributed by atoms with Crippen LogP contribution in [0.3, 0.4) is 0 Å². The van der Waals surface area contributed by atoms with Gasteiger partial charge in [0.15, 0.2) is 0 Å². The minimum absolute atomic E-state index is 0.159. The average molecular weight is 358 g/mol. The van der Waals surface area contributed by atoms with Crippen LogP contribution in [0.5, 0.6) is 0 Å². The van der Waals surface area contributed by atoms with E-state index in [0.29, 0.717) is 11.7 Å². The van der Waals surface area contributed by atoms with Gasteiger partial charge in [0.25, 0.3) is 0 Å². The van der Waals surface area contributed by atoms with Crippen molar-refractivity contribution in [3.63, 3.8) is 0 Å². The van der Waals surface area contributed by atoms with Gasteiger partial charge >= 0.3 is 6.09 Å². The first-order valence-electron chi connectivity index (χ1n) is 8.57. The second-order valence-electron chi connectivity index (χ2n) is 6.02. The molecule has 26 heavy (non-hydrogen) atoms. The number of carbonyl (C=O) groups is 2. The topological polar surface area (TPSA) is 94.5 Å². The Hall–Kier alpha value is -2.87. The highest BCUT2D eigenvalue weighted by molar-refractivity contribution is 5.93. The van der Waals surface area contributed by atoms with Gasteiger partial charge in [-0.25, -0.2) is 4.79 Å². The van der Waals surface area contributed by atoms with Gasteiger partial charge in [-0.15, -0.1) is 0 Å². The summed E-state index contributed by atoms with van der Waals surface area (Å²) in [4.78, 5) is 23.6. The molecule has 8 heteroatoms. The molecule has 138 valence electrons. The molecular weight excluding hydrogens is 336 g/mol. The predicted octanol–water partition coefficient (Wildman–Crippen LogP) is 2.10. The third kappa shape index (κ3) is 5.32. The van der Waals surface area contributed by atoms with E-state index in [4.69, 9.17) is 9.47 Å². The largest absolute Gasteiger partial charge is 0.445 e. The van der Waals surface area contributed by atoms with E-state index in [0.717, 1.165) is 31.6 Å². The summed E-state index contributed by atoms with van der Waals surface area (Å²) in [6.07, 6.45) is 4.57. The van der Waals surface area contributed by atoms with Crippen LogP contribution in [0.1, 0.15) is 24.4 Å². The molecule has 2 N–H and O–H groups in total. The molecule has 1 aliphatic heterocycles. The van der Waals surface area contributed by atoms with Crippen molar-refractivity contribution < 1.29 is 19.1 Å². The first-order valence-corrected chi connectivity index (χ1v) is 8.57. The molecule has 0 saturated carbocycles. The van der Waals surface area contributed by atoms with Gasteiger partial charge in [0.1, 0.15) is 13.2 Å². The fourth-order valence-corrected chi connectivity index (χ4v) is 2.68. The minimum Gasteiger partial charge on any atom is -0.445 e. The zero-order valence-electron chi connectivity index (χ0n) is 14.4. The SMILES string of the molecule is O=C(CNC(=O)OCc1ccccc1)Nc1cnn(C2CCOCC2)c1. The molecule has 1 saturated heterocycles. The van der Waals surface area contributed by atoms with Gasteiger partial charge < -0.3 is 20.1 Å². The smallest absolute Gasteiger partial charge is 0.407 e. The maximum atomic E-state index is 11.9. The normalized spacial score (nSPS) is 14.6. The van der Waals surface area contributed by atoms with Gasteiger partial charge in [-0.05, 0) is 18.4 Å². The first kappa shape index (κ1) is 17.9. The molecule has 1 aromatic carbocycles. The van der Waals surface area contributed by atoms with Crippen molar-refractivity contribution in [3.05, 3.63) is 48.3 Å². The lowest BCUT2D eigenvalue weighted by molar-refractivity contribution is -0.115. The van der Waals surface area contributed by atoms with Crippen LogP contribution in [-0.2, 0) is 20.9 Å². The van der Waals surface area contributed by atoms with Crippen LogP contribution in [0.15, 0.2) is 42.7 Å². The molecule has 2 amide bonds. The Kier molecular flexibility index (Phi) is 6.21. The van der Waals surface area contributed by atoms with Gasteiger partial charge in [-0.3, -0.25) is 9.48 Å². The minimum atomic E-state index is -0.637. The monoisotopic (exact) mass is 358 g/mol. The van der Waals surface area contributed by atoms with Crippen LogP contribution in [0, 0.1) is 0 Å². The Labute approximate surface area is 151 Å². The molecule has 0 radical (unpaired) electrons. The van der Waals surface area contributed by atoms with Gasteiger partial charge in [0.2, 0.25) is 5.91 Å². The lowest BCUT2D eigenvalue weighted by Crippen LogP contribution is -2.33. The Bertz CT molecular complexity index is 726. The molecule has 1 fully saturated rings. The van der Waals surface area contributed by atoms with E-state index in [-0.39, 0.29) is 19.1 Å². The van der Waals surface area contributed by atoms with Gasteiger partial charge in [-0.2, -0.15) is 5.10 Å². The van der Waals surface area contributed by atoms with Crippen molar-refractivity contribution in [2.24, 2.45) is 0 Å². The van der Waals surface area contributed by atoms with E-state index >= 15 is 0 Å². The maximum Gasteiger partial charge on any atom is 0.407 e. The number of ether oxygens (including phenoxy) is 2. The van der Waals surface area contributed by atoms with E-state index in [1.54, 1.807) is 12.4 Å². The summed E-state index contributed by atoms with van der Waals surface area (Å²) in [5, 5.41) is 9.42. The van der Waals surface area contributed by atoms with Gasteiger partial charge in [0.05, 0.1) is 17.9 Å². The quantitative estimate of drug-likeness (QED) is 0.825. The molecule has 1 aliphatic rings. The highest BCUT2D eigenvalue weighted by Gasteiger charge is 2.17. The van der Waals surface area contributed by atoms with E-state index in [2.05, 4.69) is 15.7 Å². The summed E-state index contributed by atoms with van der Waals surface area (Å²) in [6.45, 7) is 1.44. The third-order valence-electron chi connectivity index (χ3n) is 4.06. The molecule has 1 aromatic heterocycles. The molecule has 0 atom stereocenters. The Morgan fingerprint density at radius 3 is 2.77 bits per heavy atom. The zero-order valence-corrected chi connectivity index (χ0v) is 14.4. The summed E-state index contributed by atoms with van der Waals surface area (Å²) in [5.41, 5.74) is 1.48. The number of nitrogens with one attached hydrogen (secondary N) is 2. The van der Waals surface area contributed by atoms with Crippen LogP contribution >= 0.6 is 0 Å². The van der Waals surface area contributed by atoms with E-state index in [1.165, 1.54) is 0 Å². The molecular formula is C18H22N4O4. The summed E-state index contributed by atoms with van der Waals surface area (Å²) in [7, 11) is 0. The number of aromatic nitrogens is 2. The Balaban J connectivity index is 1.38. The lowest BCUT2D eigenvalue weighted by atomic mass is 10.1. The van der Waals surface area contributed by atoms with Crippen molar-refractivity contribution in [1.29, 1.82) is 0 Å². The summed E-state index contributed by atoms with van der Waals surface area (Å²) in [6, 6.07) is 9.62.